The molecular formula is C15H25NO5. The molecule has 0 aliphatic rings. The van der Waals surface area contributed by atoms with Gasteiger partial charge in [-0.2, -0.15) is 0 Å². The summed E-state index contributed by atoms with van der Waals surface area (Å²) in [5.41, 5.74) is 6.02. The van der Waals surface area contributed by atoms with E-state index in [1.54, 1.807) is 31.2 Å². The normalized spacial score (nSPS) is 11.1. The van der Waals surface area contributed by atoms with Gasteiger partial charge in [0.25, 0.3) is 0 Å². The van der Waals surface area contributed by atoms with Gasteiger partial charge in [-0.15, -0.1) is 0 Å². The average molecular weight is 299 g/mol. The highest BCUT2D eigenvalue weighted by Crippen LogP contribution is 2.14. The first-order chi connectivity index (χ1) is 10.2. The van der Waals surface area contributed by atoms with Crippen LogP contribution >= 0.6 is 0 Å². The minimum Gasteiger partial charge on any atom is -0.489 e. The first-order valence-corrected chi connectivity index (χ1v) is 7.05. The first-order valence-electron chi connectivity index (χ1n) is 7.05. The van der Waals surface area contributed by atoms with E-state index in [0.717, 1.165) is 0 Å². The zero-order valence-corrected chi connectivity index (χ0v) is 12.9. The molecule has 0 aliphatic heterocycles. The van der Waals surface area contributed by atoms with Crippen molar-refractivity contribution in [2.45, 2.75) is 27.0 Å². The molecule has 6 heteroatoms. The number of aliphatic hydroxyl groups excluding tert-OH is 1. The van der Waals surface area contributed by atoms with Crippen molar-refractivity contribution in [2.75, 3.05) is 26.4 Å². The van der Waals surface area contributed by atoms with E-state index in [0.29, 0.717) is 17.9 Å². The lowest BCUT2D eigenvalue weighted by Crippen LogP contribution is -2.31. The minimum absolute atomic E-state index is 0.0912. The maximum Gasteiger partial charge on any atom is 0.338 e. The Morgan fingerprint density at radius 1 is 1.38 bits per heavy atom. The summed E-state index contributed by atoms with van der Waals surface area (Å²) < 4.78 is 15.3. The quantitative estimate of drug-likeness (QED) is 0.559. The van der Waals surface area contributed by atoms with Gasteiger partial charge in [0.1, 0.15) is 18.6 Å². The number of hydrogen-bond acceptors (Lipinski definition) is 6. The predicted molar refractivity (Wildman–Crippen MR) is 80.3 cm³/mol. The minimum atomic E-state index is -0.626. The molecule has 21 heavy (non-hydrogen) atoms. The number of rotatable bonds is 8. The monoisotopic (exact) mass is 299 g/mol. The molecule has 1 aromatic rings. The Morgan fingerprint density at radius 3 is 2.71 bits per heavy atom. The SMILES string of the molecule is CC.CCOC(=O)c1cccc(OCC(N)OCCO)c1. The lowest BCUT2D eigenvalue weighted by Gasteiger charge is -2.13. The molecule has 120 valence electrons. The molecule has 1 unspecified atom stereocenters. The molecule has 1 aromatic carbocycles. The topological polar surface area (TPSA) is 91.0 Å². The number of ether oxygens (including phenoxy) is 3. The summed E-state index contributed by atoms with van der Waals surface area (Å²) in [4.78, 5) is 11.5. The second kappa shape index (κ2) is 12.1. The average Bonchev–Trinajstić information content (AvgIpc) is 2.53. The molecule has 3 N–H and O–H groups in total. The van der Waals surface area contributed by atoms with Gasteiger partial charge in [0, 0.05) is 0 Å². The second-order valence-electron chi connectivity index (χ2n) is 3.69. The highest BCUT2D eigenvalue weighted by molar-refractivity contribution is 5.89. The van der Waals surface area contributed by atoms with Crippen LogP contribution in [0.3, 0.4) is 0 Å². The maximum absolute atomic E-state index is 11.5. The Bertz CT molecular complexity index is 397. The van der Waals surface area contributed by atoms with Crippen LogP contribution in [0.15, 0.2) is 24.3 Å². The van der Waals surface area contributed by atoms with Crippen LogP contribution in [0.25, 0.3) is 0 Å². The molecule has 0 bridgehead atoms. The number of nitrogens with two attached hydrogens (primary N) is 1. The standard InChI is InChI=1S/C13H19NO5.C2H6/c1-2-17-13(16)10-4-3-5-11(8-10)19-9-12(14)18-7-6-15;1-2/h3-5,8,12,15H,2,6-7,9,14H2,1H3;1-2H3. The summed E-state index contributed by atoms with van der Waals surface area (Å²) in [6.07, 6.45) is -0.626. The van der Waals surface area contributed by atoms with Gasteiger partial charge in [0.2, 0.25) is 0 Å². The van der Waals surface area contributed by atoms with Crippen LogP contribution in [0, 0.1) is 0 Å². The van der Waals surface area contributed by atoms with E-state index in [9.17, 15) is 4.79 Å². The largest absolute Gasteiger partial charge is 0.489 e. The number of carbonyl (C=O) groups excluding carboxylic acids is 1. The first kappa shape index (κ1) is 19.4. The van der Waals surface area contributed by atoms with E-state index in [1.165, 1.54) is 0 Å². The number of carbonyl (C=O) groups is 1. The molecule has 0 amide bonds. The van der Waals surface area contributed by atoms with Crippen molar-refractivity contribution in [3.8, 4) is 5.75 Å². The van der Waals surface area contributed by atoms with E-state index in [2.05, 4.69) is 0 Å². The van der Waals surface area contributed by atoms with Gasteiger partial charge in [0.15, 0.2) is 0 Å². The van der Waals surface area contributed by atoms with Gasteiger partial charge in [-0.3, -0.25) is 0 Å². The lowest BCUT2D eigenvalue weighted by molar-refractivity contribution is 0.00640. The summed E-state index contributed by atoms with van der Waals surface area (Å²) >= 11 is 0. The van der Waals surface area contributed by atoms with Crippen molar-refractivity contribution < 1.29 is 24.1 Å². The molecule has 1 atom stereocenters. The predicted octanol–water partition coefficient (Wildman–Crippen LogP) is 1.56. The molecule has 1 rings (SSSR count). The Morgan fingerprint density at radius 2 is 2.10 bits per heavy atom. The summed E-state index contributed by atoms with van der Waals surface area (Å²) in [5, 5.41) is 8.58. The highest BCUT2D eigenvalue weighted by atomic mass is 16.5. The van der Waals surface area contributed by atoms with Gasteiger partial charge in [-0.25, -0.2) is 4.79 Å². The molecule has 0 aliphatic carbocycles. The Labute approximate surface area is 125 Å². The fourth-order valence-corrected chi connectivity index (χ4v) is 1.36. The zero-order valence-electron chi connectivity index (χ0n) is 12.9. The van der Waals surface area contributed by atoms with Crippen LogP contribution < -0.4 is 10.5 Å². The summed E-state index contributed by atoms with van der Waals surface area (Å²) in [6.45, 7) is 6.27. The van der Waals surface area contributed by atoms with Crippen molar-refractivity contribution in [1.29, 1.82) is 0 Å². The molecule has 0 aromatic heterocycles. The third kappa shape index (κ3) is 8.29. The number of esters is 1. The van der Waals surface area contributed by atoms with Crippen LogP contribution in [-0.2, 0) is 9.47 Å². The number of aliphatic hydroxyl groups is 1. The highest BCUT2D eigenvalue weighted by Gasteiger charge is 2.08. The molecule has 0 radical (unpaired) electrons. The van der Waals surface area contributed by atoms with E-state index in [1.807, 2.05) is 13.8 Å². The molecule has 0 saturated heterocycles. The smallest absolute Gasteiger partial charge is 0.338 e. The Hall–Kier alpha value is -1.63. The molecule has 6 nitrogen and oxygen atoms in total. The van der Waals surface area contributed by atoms with E-state index < -0.39 is 12.2 Å². The van der Waals surface area contributed by atoms with Crippen LogP contribution in [0.5, 0.6) is 5.75 Å². The third-order valence-electron chi connectivity index (χ3n) is 2.18. The molecule has 0 spiro atoms. The Kier molecular flexibility index (Phi) is 11.2. The molecule has 0 saturated carbocycles. The lowest BCUT2D eigenvalue weighted by atomic mass is 10.2. The molecule has 0 fully saturated rings. The van der Waals surface area contributed by atoms with Gasteiger partial charge < -0.3 is 25.1 Å². The van der Waals surface area contributed by atoms with Gasteiger partial charge in [-0.1, -0.05) is 19.9 Å². The molecule has 0 heterocycles. The number of benzene rings is 1. The third-order valence-corrected chi connectivity index (χ3v) is 2.18. The maximum atomic E-state index is 11.5. The summed E-state index contributed by atoms with van der Waals surface area (Å²) in [7, 11) is 0. The van der Waals surface area contributed by atoms with Crippen LogP contribution in [-0.4, -0.2) is 43.7 Å². The molecular weight excluding hydrogens is 274 g/mol. The van der Waals surface area contributed by atoms with Crippen molar-refractivity contribution in [1.82, 2.24) is 0 Å². The van der Waals surface area contributed by atoms with Gasteiger partial charge >= 0.3 is 5.97 Å². The zero-order chi connectivity index (χ0) is 16.1. The fourth-order valence-electron chi connectivity index (χ4n) is 1.36. The van der Waals surface area contributed by atoms with Crippen molar-refractivity contribution in [3.63, 3.8) is 0 Å². The van der Waals surface area contributed by atoms with Gasteiger partial charge in [-0.05, 0) is 25.1 Å². The Balaban J connectivity index is 0.00000191. The van der Waals surface area contributed by atoms with Crippen molar-refractivity contribution >= 4 is 5.97 Å². The fraction of sp³-hybridized carbons (Fsp3) is 0.533. The van der Waals surface area contributed by atoms with E-state index >= 15 is 0 Å². The van der Waals surface area contributed by atoms with Crippen LogP contribution in [0.4, 0.5) is 0 Å². The summed E-state index contributed by atoms with van der Waals surface area (Å²) in [5.74, 6) is 0.113. The van der Waals surface area contributed by atoms with E-state index in [4.69, 9.17) is 25.1 Å². The van der Waals surface area contributed by atoms with Crippen molar-refractivity contribution in [2.24, 2.45) is 5.73 Å². The van der Waals surface area contributed by atoms with E-state index in [-0.39, 0.29) is 19.8 Å². The van der Waals surface area contributed by atoms with Crippen molar-refractivity contribution in [3.05, 3.63) is 29.8 Å². The van der Waals surface area contributed by atoms with Gasteiger partial charge in [0.05, 0.1) is 25.4 Å². The van der Waals surface area contributed by atoms with Crippen LogP contribution in [0.2, 0.25) is 0 Å². The number of hydrogen-bond donors (Lipinski definition) is 2. The second-order valence-corrected chi connectivity index (χ2v) is 3.69. The van der Waals surface area contributed by atoms with Crippen LogP contribution in [0.1, 0.15) is 31.1 Å². The summed E-state index contributed by atoms with van der Waals surface area (Å²) in [6, 6.07) is 6.63.